The van der Waals surface area contributed by atoms with E-state index in [1.54, 1.807) is 24.0 Å². The second kappa shape index (κ2) is 7.52. The van der Waals surface area contributed by atoms with Crippen LogP contribution in [-0.2, 0) is 34.1 Å². The molecule has 3 aliphatic rings. The van der Waals surface area contributed by atoms with Gasteiger partial charge in [-0.1, -0.05) is 6.92 Å². The number of benzene rings is 1. The molecule has 164 valence electrons. The average molecular weight is 447 g/mol. The van der Waals surface area contributed by atoms with E-state index in [2.05, 4.69) is 9.97 Å². The summed E-state index contributed by atoms with van der Waals surface area (Å²) in [5, 5.41) is 0. The fourth-order valence-corrected chi connectivity index (χ4v) is 6.20. The predicted octanol–water partition coefficient (Wildman–Crippen LogP) is 1.86. The van der Waals surface area contributed by atoms with E-state index in [0.29, 0.717) is 38.6 Å². The lowest BCUT2D eigenvalue weighted by Gasteiger charge is -2.26. The van der Waals surface area contributed by atoms with E-state index in [1.165, 1.54) is 10.6 Å². The van der Waals surface area contributed by atoms with E-state index in [0.717, 1.165) is 16.8 Å². The lowest BCUT2D eigenvalue weighted by Crippen LogP contribution is -2.33. The molecule has 1 fully saturated rings. The largest absolute Gasteiger partial charge is 0.471 e. The number of rotatable bonds is 5. The summed E-state index contributed by atoms with van der Waals surface area (Å²) in [6.07, 6.45) is 3.26. The van der Waals surface area contributed by atoms with Gasteiger partial charge in [0.25, 0.3) is 5.88 Å². The molecule has 1 saturated heterocycles. The third-order valence-corrected chi connectivity index (χ3v) is 8.06. The van der Waals surface area contributed by atoms with Crippen molar-refractivity contribution >= 4 is 21.6 Å². The molecule has 0 spiro atoms. The van der Waals surface area contributed by atoms with Gasteiger partial charge < -0.3 is 9.64 Å². The van der Waals surface area contributed by atoms with Crippen molar-refractivity contribution in [2.75, 3.05) is 24.5 Å². The number of anilines is 1. The van der Waals surface area contributed by atoms with Crippen LogP contribution in [0.1, 0.15) is 36.6 Å². The summed E-state index contributed by atoms with van der Waals surface area (Å²) in [5.41, 5.74) is 2.98. The highest BCUT2D eigenvalue weighted by atomic mass is 32.2. The number of carbonyl (C=O) groups is 1. The van der Waals surface area contributed by atoms with Gasteiger partial charge in [0.1, 0.15) is 12.4 Å². The number of hydrogen-bond donors (Lipinski definition) is 0. The van der Waals surface area contributed by atoms with Gasteiger partial charge in [-0.3, -0.25) is 4.79 Å². The lowest BCUT2D eigenvalue weighted by molar-refractivity contribution is -0.118. The molecule has 1 amide bonds. The Balaban J connectivity index is 1.37. The second-order valence-electron chi connectivity index (χ2n) is 8.07. The maximum Gasteiger partial charge on any atom is 0.254 e. The topological polar surface area (TPSA) is 92.7 Å². The Bertz CT molecular complexity index is 1170. The monoisotopic (exact) mass is 446 g/mol. The predicted molar refractivity (Wildman–Crippen MR) is 110 cm³/mol. The summed E-state index contributed by atoms with van der Waals surface area (Å²) < 4.78 is 48.1. The molecular formula is C21H23FN4O4S. The van der Waals surface area contributed by atoms with Gasteiger partial charge >= 0.3 is 0 Å². The maximum atomic E-state index is 14.4. The average Bonchev–Trinajstić information content (AvgIpc) is 3.41. The van der Waals surface area contributed by atoms with Crippen molar-refractivity contribution in [3.05, 3.63) is 41.1 Å². The molecule has 8 nitrogen and oxygen atoms in total. The van der Waals surface area contributed by atoms with E-state index < -0.39 is 21.9 Å². The minimum absolute atomic E-state index is 0.101. The molecule has 0 N–H and O–H groups in total. The SMILES string of the molecule is CCc1ncnc(O[C@@H]2CCN(S(=O)(=O)c3cc4c5c(c3)CCN5C(=O)CC4)C2)c1F. The summed E-state index contributed by atoms with van der Waals surface area (Å²) in [6, 6.07) is 3.39. The number of hydrogen-bond acceptors (Lipinski definition) is 6. The van der Waals surface area contributed by atoms with Gasteiger partial charge in [-0.25, -0.2) is 13.4 Å². The summed E-state index contributed by atoms with van der Waals surface area (Å²) in [4.78, 5) is 21.9. The number of nitrogens with zero attached hydrogens (tertiary/aromatic N) is 4. The molecule has 0 unspecified atom stereocenters. The molecule has 2 aromatic rings. The van der Waals surface area contributed by atoms with E-state index in [1.807, 2.05) is 0 Å². The fraction of sp³-hybridized carbons (Fsp3) is 0.476. The molecule has 31 heavy (non-hydrogen) atoms. The van der Waals surface area contributed by atoms with Gasteiger partial charge in [0.05, 0.1) is 22.8 Å². The molecule has 3 aliphatic heterocycles. The van der Waals surface area contributed by atoms with Crippen molar-refractivity contribution in [3.8, 4) is 5.88 Å². The summed E-state index contributed by atoms with van der Waals surface area (Å²) in [6.45, 7) is 2.81. The molecule has 1 aromatic heterocycles. The standard InChI is InChI=1S/C21H23FN4O4S/c1-2-17-19(22)21(24-12-23-17)30-15-6-7-25(11-15)31(28,29)16-9-13-3-4-18(27)26-8-5-14(10-16)20(13)26/h9-10,12,15H,2-8,11H2,1H3/t15-/m1/s1. The van der Waals surface area contributed by atoms with Gasteiger partial charge in [-0.2, -0.15) is 13.7 Å². The third-order valence-electron chi connectivity index (χ3n) is 6.21. The van der Waals surface area contributed by atoms with Crippen molar-refractivity contribution in [3.63, 3.8) is 0 Å². The van der Waals surface area contributed by atoms with E-state index in [9.17, 15) is 17.6 Å². The van der Waals surface area contributed by atoms with Gasteiger partial charge in [-0.05, 0) is 48.9 Å². The first-order valence-electron chi connectivity index (χ1n) is 10.5. The van der Waals surface area contributed by atoms with Crippen molar-refractivity contribution in [2.45, 2.75) is 50.0 Å². The van der Waals surface area contributed by atoms with E-state index >= 15 is 0 Å². The number of sulfonamides is 1. The first-order chi connectivity index (χ1) is 14.9. The number of carbonyl (C=O) groups excluding carboxylic acids is 1. The second-order valence-corrected chi connectivity index (χ2v) is 10.0. The van der Waals surface area contributed by atoms with Crippen LogP contribution in [-0.4, -0.2) is 54.3 Å². The Labute approximate surface area is 180 Å². The normalized spacial score (nSPS) is 20.9. The Morgan fingerprint density at radius 3 is 2.71 bits per heavy atom. The van der Waals surface area contributed by atoms with Gasteiger partial charge in [0.15, 0.2) is 0 Å². The minimum atomic E-state index is -3.72. The van der Waals surface area contributed by atoms with Crippen LogP contribution in [0.4, 0.5) is 10.1 Å². The molecule has 0 aliphatic carbocycles. The van der Waals surface area contributed by atoms with Crippen LogP contribution in [0.3, 0.4) is 0 Å². The summed E-state index contributed by atoms with van der Waals surface area (Å²) in [7, 11) is -3.72. The fourth-order valence-electron chi connectivity index (χ4n) is 4.61. The van der Waals surface area contributed by atoms with Crippen LogP contribution >= 0.6 is 0 Å². The molecule has 5 rings (SSSR count). The Hall–Kier alpha value is -2.59. The van der Waals surface area contributed by atoms with Crippen LogP contribution in [0.15, 0.2) is 23.4 Å². The quantitative estimate of drug-likeness (QED) is 0.696. The number of amides is 1. The number of ether oxygens (including phenoxy) is 1. The van der Waals surface area contributed by atoms with Crippen LogP contribution < -0.4 is 9.64 Å². The number of aryl methyl sites for hydroxylation is 2. The first-order valence-corrected chi connectivity index (χ1v) is 11.9. The van der Waals surface area contributed by atoms with Crippen LogP contribution in [0, 0.1) is 5.82 Å². The third kappa shape index (κ3) is 3.38. The lowest BCUT2D eigenvalue weighted by atomic mass is 10.00. The highest BCUT2D eigenvalue weighted by Crippen LogP contribution is 2.39. The molecular weight excluding hydrogens is 423 g/mol. The highest BCUT2D eigenvalue weighted by molar-refractivity contribution is 7.89. The smallest absolute Gasteiger partial charge is 0.254 e. The molecule has 0 radical (unpaired) electrons. The van der Waals surface area contributed by atoms with Gasteiger partial charge in [0.2, 0.25) is 21.7 Å². The molecule has 0 saturated carbocycles. The minimum Gasteiger partial charge on any atom is -0.471 e. The molecule has 4 heterocycles. The zero-order valence-electron chi connectivity index (χ0n) is 17.2. The summed E-state index contributed by atoms with van der Waals surface area (Å²) >= 11 is 0. The number of aromatic nitrogens is 2. The van der Waals surface area contributed by atoms with Gasteiger partial charge in [-0.15, -0.1) is 0 Å². The molecule has 1 atom stereocenters. The Morgan fingerprint density at radius 2 is 1.94 bits per heavy atom. The van der Waals surface area contributed by atoms with Crippen LogP contribution in [0.25, 0.3) is 0 Å². The summed E-state index contributed by atoms with van der Waals surface area (Å²) in [5.74, 6) is -0.629. The highest BCUT2D eigenvalue weighted by Gasteiger charge is 2.37. The zero-order valence-corrected chi connectivity index (χ0v) is 18.0. The van der Waals surface area contributed by atoms with Crippen molar-refractivity contribution < 1.29 is 22.3 Å². The zero-order chi connectivity index (χ0) is 21.8. The maximum absolute atomic E-state index is 14.4. The Morgan fingerprint density at radius 1 is 1.16 bits per heavy atom. The van der Waals surface area contributed by atoms with Crippen molar-refractivity contribution in [1.82, 2.24) is 14.3 Å². The first kappa shape index (κ1) is 20.3. The van der Waals surface area contributed by atoms with Crippen molar-refractivity contribution in [1.29, 1.82) is 0 Å². The van der Waals surface area contributed by atoms with Crippen molar-refractivity contribution in [2.24, 2.45) is 0 Å². The number of halogens is 1. The molecule has 0 bridgehead atoms. The van der Waals surface area contributed by atoms with Crippen LogP contribution in [0.2, 0.25) is 0 Å². The van der Waals surface area contributed by atoms with Gasteiger partial charge in [0, 0.05) is 19.5 Å². The molecule has 10 heteroatoms. The Kier molecular flexibility index (Phi) is 4.93. The van der Waals surface area contributed by atoms with E-state index in [-0.39, 0.29) is 35.5 Å². The molecule has 1 aromatic carbocycles. The van der Waals surface area contributed by atoms with Crippen LogP contribution in [0.5, 0.6) is 5.88 Å². The van der Waals surface area contributed by atoms with E-state index in [4.69, 9.17) is 4.74 Å².